The van der Waals surface area contributed by atoms with Gasteiger partial charge < -0.3 is 0 Å². The molecule has 0 bridgehead atoms. The van der Waals surface area contributed by atoms with Gasteiger partial charge in [0.2, 0.25) is 0 Å². The van der Waals surface area contributed by atoms with Crippen LogP contribution in [0.25, 0.3) is 11.0 Å². The Balaban J connectivity index is 2.07. The highest BCUT2D eigenvalue weighted by atomic mass is 16.2. The van der Waals surface area contributed by atoms with Crippen LogP contribution in [-0.2, 0) is 0 Å². The number of rotatable bonds is 1. The molecule has 0 fully saturated rings. The Morgan fingerprint density at radius 1 is 1.00 bits per heavy atom. The van der Waals surface area contributed by atoms with Crippen LogP contribution in [0.3, 0.4) is 0 Å². The van der Waals surface area contributed by atoms with Gasteiger partial charge in [-0.25, -0.2) is 0 Å². The minimum atomic E-state index is -0.218. The highest BCUT2D eigenvalue weighted by Crippen LogP contribution is 2.11. The Labute approximate surface area is 104 Å². The van der Waals surface area contributed by atoms with Crippen molar-refractivity contribution in [2.24, 2.45) is 0 Å². The molecule has 0 aliphatic rings. The Hall–Kier alpha value is -2.49. The number of hydrogen-bond acceptors (Lipinski definition) is 3. The number of aromatic nitrogens is 3. The first-order valence-electron chi connectivity index (χ1n) is 5.67. The van der Waals surface area contributed by atoms with Crippen molar-refractivity contribution >= 4 is 16.9 Å². The molecular weight excluding hydrogens is 226 g/mol. The SMILES string of the molecule is Cc1ccc2nn(C(=O)c3ccccc3)nc2c1. The lowest BCUT2D eigenvalue weighted by molar-refractivity contribution is 0.0928. The lowest BCUT2D eigenvalue weighted by Gasteiger charge is -1.97. The standard InChI is InChI=1S/C14H11N3O/c1-10-7-8-12-13(9-10)16-17(15-12)14(18)11-5-3-2-4-6-11/h2-9H,1H3. The van der Waals surface area contributed by atoms with Crippen LogP contribution in [0, 0.1) is 6.92 Å². The van der Waals surface area contributed by atoms with E-state index in [9.17, 15) is 4.79 Å². The fraction of sp³-hybridized carbons (Fsp3) is 0.0714. The molecule has 0 aliphatic carbocycles. The number of nitrogens with zero attached hydrogens (tertiary/aromatic N) is 3. The first-order chi connectivity index (χ1) is 8.74. The summed E-state index contributed by atoms with van der Waals surface area (Å²) in [7, 11) is 0. The van der Waals surface area contributed by atoms with E-state index >= 15 is 0 Å². The van der Waals surface area contributed by atoms with Gasteiger partial charge in [0, 0.05) is 5.56 Å². The zero-order chi connectivity index (χ0) is 12.5. The molecule has 0 amide bonds. The third-order valence-corrected chi connectivity index (χ3v) is 2.74. The van der Waals surface area contributed by atoms with Crippen LogP contribution in [-0.4, -0.2) is 20.9 Å². The normalized spacial score (nSPS) is 10.7. The van der Waals surface area contributed by atoms with Gasteiger partial charge in [0.25, 0.3) is 5.91 Å². The summed E-state index contributed by atoms with van der Waals surface area (Å²) >= 11 is 0. The number of carbonyl (C=O) groups excluding carboxylic acids is 1. The van der Waals surface area contributed by atoms with Crippen LogP contribution in [0.1, 0.15) is 15.9 Å². The quantitative estimate of drug-likeness (QED) is 0.653. The molecule has 0 unspecified atom stereocenters. The van der Waals surface area contributed by atoms with E-state index in [-0.39, 0.29) is 5.91 Å². The lowest BCUT2D eigenvalue weighted by Crippen LogP contribution is -2.14. The predicted molar refractivity (Wildman–Crippen MR) is 68.4 cm³/mol. The van der Waals surface area contributed by atoms with E-state index in [0.29, 0.717) is 5.56 Å². The van der Waals surface area contributed by atoms with E-state index in [1.54, 1.807) is 12.1 Å². The highest BCUT2D eigenvalue weighted by molar-refractivity contribution is 5.95. The third-order valence-electron chi connectivity index (χ3n) is 2.74. The highest BCUT2D eigenvalue weighted by Gasteiger charge is 2.11. The van der Waals surface area contributed by atoms with Crippen LogP contribution < -0.4 is 0 Å². The summed E-state index contributed by atoms with van der Waals surface area (Å²) in [5.74, 6) is -0.218. The summed E-state index contributed by atoms with van der Waals surface area (Å²) in [5.41, 5.74) is 3.14. The molecule has 88 valence electrons. The first kappa shape index (κ1) is 10.7. The predicted octanol–water partition coefficient (Wildman–Crippen LogP) is 2.43. The average molecular weight is 237 g/mol. The molecule has 0 saturated carbocycles. The molecule has 3 rings (SSSR count). The van der Waals surface area contributed by atoms with Crippen molar-refractivity contribution in [3.8, 4) is 0 Å². The van der Waals surface area contributed by atoms with Gasteiger partial charge in [-0.2, -0.15) is 0 Å². The molecular formula is C14H11N3O. The van der Waals surface area contributed by atoms with Gasteiger partial charge in [-0.3, -0.25) is 4.79 Å². The van der Waals surface area contributed by atoms with Crippen LogP contribution >= 0.6 is 0 Å². The molecule has 3 aromatic rings. The van der Waals surface area contributed by atoms with Crippen molar-refractivity contribution < 1.29 is 4.79 Å². The van der Waals surface area contributed by atoms with Crippen molar-refractivity contribution in [3.05, 3.63) is 59.7 Å². The lowest BCUT2D eigenvalue weighted by atomic mass is 10.2. The van der Waals surface area contributed by atoms with Gasteiger partial charge in [0.15, 0.2) is 0 Å². The Morgan fingerprint density at radius 2 is 1.72 bits per heavy atom. The second-order valence-corrected chi connectivity index (χ2v) is 4.15. The third kappa shape index (κ3) is 1.78. The maximum atomic E-state index is 12.1. The van der Waals surface area contributed by atoms with E-state index in [1.165, 1.54) is 0 Å². The largest absolute Gasteiger partial charge is 0.295 e. The van der Waals surface area contributed by atoms with Crippen molar-refractivity contribution in [1.29, 1.82) is 0 Å². The van der Waals surface area contributed by atoms with Gasteiger partial charge in [0.05, 0.1) is 0 Å². The molecule has 0 atom stereocenters. The fourth-order valence-corrected chi connectivity index (χ4v) is 1.81. The van der Waals surface area contributed by atoms with Crippen LogP contribution in [0.15, 0.2) is 48.5 Å². The van der Waals surface area contributed by atoms with Crippen molar-refractivity contribution in [2.75, 3.05) is 0 Å². The maximum absolute atomic E-state index is 12.1. The fourth-order valence-electron chi connectivity index (χ4n) is 1.81. The topological polar surface area (TPSA) is 47.8 Å². The smallest absolute Gasteiger partial charge is 0.265 e. The zero-order valence-electron chi connectivity index (χ0n) is 9.87. The van der Waals surface area contributed by atoms with E-state index in [0.717, 1.165) is 21.4 Å². The summed E-state index contributed by atoms with van der Waals surface area (Å²) in [4.78, 5) is 13.3. The first-order valence-corrected chi connectivity index (χ1v) is 5.67. The number of benzene rings is 2. The Bertz CT molecular complexity index is 716. The van der Waals surface area contributed by atoms with Crippen LogP contribution in [0.2, 0.25) is 0 Å². The van der Waals surface area contributed by atoms with Crippen LogP contribution in [0.4, 0.5) is 0 Å². The summed E-state index contributed by atoms with van der Waals surface area (Å²) in [6.07, 6.45) is 0. The Kier molecular flexibility index (Phi) is 2.41. The molecule has 0 spiro atoms. The van der Waals surface area contributed by atoms with Crippen molar-refractivity contribution in [3.63, 3.8) is 0 Å². The minimum Gasteiger partial charge on any atom is -0.265 e. The van der Waals surface area contributed by atoms with Crippen LogP contribution in [0.5, 0.6) is 0 Å². The number of hydrogen-bond donors (Lipinski definition) is 0. The molecule has 0 aliphatic heterocycles. The molecule has 0 radical (unpaired) electrons. The van der Waals surface area contributed by atoms with Gasteiger partial charge in [-0.1, -0.05) is 24.3 Å². The summed E-state index contributed by atoms with van der Waals surface area (Å²) in [6.45, 7) is 1.98. The van der Waals surface area contributed by atoms with Gasteiger partial charge >= 0.3 is 0 Å². The Morgan fingerprint density at radius 3 is 2.50 bits per heavy atom. The average Bonchev–Trinajstić information content (AvgIpc) is 2.81. The van der Waals surface area contributed by atoms with E-state index in [2.05, 4.69) is 10.2 Å². The van der Waals surface area contributed by atoms with Crippen molar-refractivity contribution in [2.45, 2.75) is 6.92 Å². The van der Waals surface area contributed by atoms with Crippen molar-refractivity contribution in [1.82, 2.24) is 15.0 Å². The molecule has 4 heteroatoms. The maximum Gasteiger partial charge on any atom is 0.295 e. The van der Waals surface area contributed by atoms with Gasteiger partial charge in [-0.05, 0) is 36.8 Å². The zero-order valence-corrected chi connectivity index (χ0v) is 9.87. The minimum absolute atomic E-state index is 0.218. The van der Waals surface area contributed by atoms with E-state index in [1.807, 2.05) is 43.3 Å². The van der Waals surface area contributed by atoms with E-state index < -0.39 is 0 Å². The van der Waals surface area contributed by atoms with Gasteiger partial charge in [-0.15, -0.1) is 15.0 Å². The van der Waals surface area contributed by atoms with E-state index in [4.69, 9.17) is 0 Å². The number of fused-ring (bicyclic) bond motifs is 1. The second kappa shape index (κ2) is 4.07. The van der Waals surface area contributed by atoms with Gasteiger partial charge in [0.1, 0.15) is 11.0 Å². The number of aryl methyl sites for hydroxylation is 1. The monoisotopic (exact) mass is 237 g/mol. The summed E-state index contributed by atoms with van der Waals surface area (Å²) < 4.78 is 0. The molecule has 2 aromatic carbocycles. The molecule has 1 heterocycles. The second-order valence-electron chi connectivity index (χ2n) is 4.15. The number of carbonyl (C=O) groups is 1. The summed E-state index contributed by atoms with van der Waals surface area (Å²) in [5, 5.41) is 8.39. The molecule has 0 saturated heterocycles. The molecule has 18 heavy (non-hydrogen) atoms. The molecule has 0 N–H and O–H groups in total. The summed E-state index contributed by atoms with van der Waals surface area (Å²) in [6, 6.07) is 14.7. The molecule has 1 aromatic heterocycles. The molecule has 4 nitrogen and oxygen atoms in total.